The first-order valence-corrected chi connectivity index (χ1v) is 5.11. The van der Waals surface area contributed by atoms with Crippen molar-refractivity contribution in [2.45, 2.75) is 33.0 Å². The van der Waals surface area contributed by atoms with Crippen molar-refractivity contribution in [1.82, 2.24) is 4.90 Å². The minimum absolute atomic E-state index is 0.140. The van der Waals surface area contributed by atoms with Crippen LogP contribution < -0.4 is 0 Å². The van der Waals surface area contributed by atoms with Crippen LogP contribution in [-0.4, -0.2) is 48.5 Å². The summed E-state index contributed by atoms with van der Waals surface area (Å²) in [6.07, 6.45) is 0.170. The van der Waals surface area contributed by atoms with Crippen LogP contribution in [0.3, 0.4) is 0 Å². The Kier molecular flexibility index (Phi) is 4.16. The molecule has 3 heteroatoms. The fourth-order valence-electron chi connectivity index (χ4n) is 1.65. The number of nitrogens with zero attached hydrogens (tertiary/aromatic N) is 1. The van der Waals surface area contributed by atoms with Gasteiger partial charge in [0.05, 0.1) is 18.8 Å². The average Bonchev–Trinajstić information content (AvgIpc) is 2.30. The summed E-state index contributed by atoms with van der Waals surface area (Å²) < 4.78 is 5.45. The smallest absolute Gasteiger partial charge is 0.0704 e. The summed E-state index contributed by atoms with van der Waals surface area (Å²) in [4.78, 5) is 2.26. The Bertz CT molecular complexity index is 140. The molecule has 1 aliphatic heterocycles. The molecule has 1 rings (SSSR count). The Hall–Kier alpha value is -0.120. The molecule has 1 fully saturated rings. The van der Waals surface area contributed by atoms with Crippen molar-refractivity contribution >= 4 is 0 Å². The van der Waals surface area contributed by atoms with Crippen LogP contribution in [0.1, 0.15) is 20.8 Å². The molecule has 0 saturated carbocycles. The number of hydrogen-bond acceptors (Lipinski definition) is 3. The number of hydrogen-bond donors (Lipinski definition) is 1. The van der Waals surface area contributed by atoms with Gasteiger partial charge in [0, 0.05) is 19.6 Å². The molecular weight excluding hydrogens is 166 g/mol. The highest BCUT2D eigenvalue weighted by Crippen LogP contribution is 2.15. The second-order valence-electron chi connectivity index (χ2n) is 4.22. The molecule has 13 heavy (non-hydrogen) atoms. The van der Waals surface area contributed by atoms with E-state index in [0.717, 1.165) is 26.2 Å². The Labute approximate surface area is 80.7 Å². The predicted octanol–water partition coefficient (Wildman–Crippen LogP) is 0.724. The van der Waals surface area contributed by atoms with Crippen molar-refractivity contribution in [1.29, 1.82) is 0 Å². The second kappa shape index (κ2) is 4.94. The fraction of sp³-hybridized carbons (Fsp3) is 1.00. The monoisotopic (exact) mass is 187 g/mol. The Morgan fingerprint density at radius 3 is 2.62 bits per heavy atom. The first kappa shape index (κ1) is 11.0. The molecule has 0 aromatic carbocycles. The first-order chi connectivity index (χ1) is 6.09. The van der Waals surface area contributed by atoms with Crippen LogP contribution in [0.2, 0.25) is 0 Å². The van der Waals surface area contributed by atoms with Crippen LogP contribution in [0.4, 0.5) is 0 Å². The molecule has 1 saturated heterocycles. The van der Waals surface area contributed by atoms with Crippen LogP contribution in [0.15, 0.2) is 0 Å². The van der Waals surface area contributed by atoms with E-state index in [1.807, 2.05) is 13.8 Å². The van der Waals surface area contributed by atoms with Crippen LogP contribution in [0.25, 0.3) is 0 Å². The summed E-state index contributed by atoms with van der Waals surface area (Å²) >= 11 is 0. The van der Waals surface area contributed by atoms with Gasteiger partial charge in [-0.3, -0.25) is 4.90 Å². The Morgan fingerprint density at radius 2 is 2.15 bits per heavy atom. The molecule has 0 spiro atoms. The van der Waals surface area contributed by atoms with Gasteiger partial charge in [-0.25, -0.2) is 0 Å². The second-order valence-corrected chi connectivity index (χ2v) is 4.22. The maximum absolute atomic E-state index is 9.49. The fourth-order valence-corrected chi connectivity index (χ4v) is 1.65. The van der Waals surface area contributed by atoms with Gasteiger partial charge in [0.15, 0.2) is 0 Å². The van der Waals surface area contributed by atoms with E-state index in [0.29, 0.717) is 12.0 Å². The predicted molar refractivity (Wildman–Crippen MR) is 52.7 cm³/mol. The molecular formula is C10H21NO2. The molecule has 0 radical (unpaired) electrons. The van der Waals surface area contributed by atoms with E-state index in [1.54, 1.807) is 0 Å². The molecule has 1 N–H and O–H groups in total. The maximum Gasteiger partial charge on any atom is 0.0704 e. The highest BCUT2D eigenvalue weighted by atomic mass is 16.5. The van der Waals surface area contributed by atoms with Crippen LogP contribution in [0, 0.1) is 5.92 Å². The minimum atomic E-state index is -0.140. The van der Waals surface area contributed by atoms with Crippen molar-refractivity contribution in [3.05, 3.63) is 0 Å². The van der Waals surface area contributed by atoms with Gasteiger partial charge in [-0.05, 0) is 19.8 Å². The van der Waals surface area contributed by atoms with E-state index in [-0.39, 0.29) is 6.10 Å². The molecule has 3 nitrogen and oxygen atoms in total. The molecule has 78 valence electrons. The SMILES string of the molecule is CC(C)OCCN1C[C@@H](C)[C@@H](O)C1. The van der Waals surface area contributed by atoms with Crippen LogP contribution >= 0.6 is 0 Å². The number of rotatable bonds is 4. The maximum atomic E-state index is 9.49. The van der Waals surface area contributed by atoms with E-state index in [4.69, 9.17) is 4.74 Å². The first-order valence-electron chi connectivity index (χ1n) is 5.11. The van der Waals surface area contributed by atoms with Crippen molar-refractivity contribution < 1.29 is 9.84 Å². The largest absolute Gasteiger partial charge is 0.391 e. The van der Waals surface area contributed by atoms with Crippen molar-refractivity contribution in [2.24, 2.45) is 5.92 Å². The zero-order valence-corrected chi connectivity index (χ0v) is 8.86. The third kappa shape index (κ3) is 3.63. The molecule has 0 aromatic heterocycles. The third-order valence-electron chi connectivity index (χ3n) is 2.51. The quantitative estimate of drug-likeness (QED) is 0.704. The lowest BCUT2D eigenvalue weighted by Crippen LogP contribution is -2.27. The van der Waals surface area contributed by atoms with E-state index in [1.165, 1.54) is 0 Å². The lowest BCUT2D eigenvalue weighted by Gasteiger charge is -2.15. The summed E-state index contributed by atoms with van der Waals surface area (Å²) in [5.74, 6) is 0.416. The number of aliphatic hydroxyl groups is 1. The summed E-state index contributed by atoms with van der Waals surface area (Å²) in [5, 5.41) is 9.49. The number of aliphatic hydroxyl groups excluding tert-OH is 1. The van der Waals surface area contributed by atoms with Crippen LogP contribution in [0.5, 0.6) is 0 Å². The van der Waals surface area contributed by atoms with Gasteiger partial charge in [0.25, 0.3) is 0 Å². The zero-order valence-electron chi connectivity index (χ0n) is 8.86. The van der Waals surface area contributed by atoms with E-state index >= 15 is 0 Å². The molecule has 1 aliphatic rings. The van der Waals surface area contributed by atoms with Gasteiger partial charge < -0.3 is 9.84 Å². The zero-order chi connectivity index (χ0) is 9.84. The van der Waals surface area contributed by atoms with Crippen molar-refractivity contribution in [3.63, 3.8) is 0 Å². The molecule has 1 heterocycles. The Morgan fingerprint density at radius 1 is 1.46 bits per heavy atom. The normalized spacial score (nSPS) is 30.2. The molecule has 0 amide bonds. The molecule has 0 bridgehead atoms. The lowest BCUT2D eigenvalue weighted by atomic mass is 10.1. The number of likely N-dealkylation sites (tertiary alicyclic amines) is 1. The summed E-state index contributed by atoms with van der Waals surface area (Å²) in [6, 6.07) is 0. The van der Waals surface area contributed by atoms with Gasteiger partial charge in [-0.2, -0.15) is 0 Å². The highest BCUT2D eigenvalue weighted by Gasteiger charge is 2.26. The van der Waals surface area contributed by atoms with E-state index < -0.39 is 0 Å². The number of ether oxygens (including phenoxy) is 1. The molecule has 0 aliphatic carbocycles. The van der Waals surface area contributed by atoms with Crippen LogP contribution in [-0.2, 0) is 4.74 Å². The van der Waals surface area contributed by atoms with Gasteiger partial charge in [0.2, 0.25) is 0 Å². The highest BCUT2D eigenvalue weighted by molar-refractivity contribution is 4.80. The molecule has 2 atom stereocenters. The Balaban J connectivity index is 2.10. The summed E-state index contributed by atoms with van der Waals surface area (Å²) in [6.45, 7) is 9.71. The third-order valence-corrected chi connectivity index (χ3v) is 2.51. The standard InChI is InChI=1S/C10H21NO2/c1-8(2)13-5-4-11-6-9(3)10(12)7-11/h8-10,12H,4-7H2,1-3H3/t9-,10+/m1/s1. The van der Waals surface area contributed by atoms with Crippen molar-refractivity contribution in [2.75, 3.05) is 26.2 Å². The van der Waals surface area contributed by atoms with Gasteiger partial charge >= 0.3 is 0 Å². The minimum Gasteiger partial charge on any atom is -0.391 e. The number of β-amino-alcohol motifs (C(OH)–C–C–N with tert-alkyl or cyclic N) is 1. The topological polar surface area (TPSA) is 32.7 Å². The van der Waals surface area contributed by atoms with Gasteiger partial charge in [-0.1, -0.05) is 6.92 Å². The van der Waals surface area contributed by atoms with Gasteiger partial charge in [-0.15, -0.1) is 0 Å². The lowest BCUT2D eigenvalue weighted by molar-refractivity contribution is 0.0608. The average molecular weight is 187 g/mol. The van der Waals surface area contributed by atoms with Gasteiger partial charge in [0.1, 0.15) is 0 Å². The molecule has 0 aromatic rings. The van der Waals surface area contributed by atoms with Crippen molar-refractivity contribution in [3.8, 4) is 0 Å². The summed E-state index contributed by atoms with van der Waals surface area (Å²) in [7, 11) is 0. The summed E-state index contributed by atoms with van der Waals surface area (Å²) in [5.41, 5.74) is 0. The van der Waals surface area contributed by atoms with E-state index in [9.17, 15) is 5.11 Å². The van der Waals surface area contributed by atoms with E-state index in [2.05, 4.69) is 11.8 Å². The molecule has 0 unspecified atom stereocenters.